The van der Waals surface area contributed by atoms with Crippen molar-refractivity contribution in [1.29, 1.82) is 0 Å². The molecule has 0 unspecified atom stereocenters. The first kappa shape index (κ1) is 15.1. The molecule has 0 bridgehead atoms. The Morgan fingerprint density at radius 2 is 2.25 bits per heavy atom. The lowest BCUT2D eigenvalue weighted by molar-refractivity contribution is 0.0591. The van der Waals surface area contributed by atoms with Gasteiger partial charge in [-0.05, 0) is 17.5 Å². The summed E-state index contributed by atoms with van der Waals surface area (Å²) in [5.74, 6) is -0.922. The summed E-state index contributed by atoms with van der Waals surface area (Å²) in [6.45, 7) is -0.495. The molecule has 0 spiro atoms. The molecule has 0 amide bonds. The molecule has 1 aliphatic rings. The highest BCUT2D eigenvalue weighted by molar-refractivity contribution is 9.11. The Labute approximate surface area is 121 Å². The predicted octanol–water partition coefficient (Wildman–Crippen LogP) is 0.155. The number of nitrogens with one attached hydrogen (secondary N) is 1. The minimum Gasteiger partial charge on any atom is -0.396 e. The van der Waals surface area contributed by atoms with Crippen molar-refractivity contribution in [3.8, 4) is 0 Å². The Balaban J connectivity index is 2.46. The van der Waals surface area contributed by atoms with Gasteiger partial charge in [0.05, 0.1) is 24.3 Å². The normalized spacial score (nSPS) is 30.2. The number of nitrogens with zero attached hydrogens (tertiary/aromatic N) is 1. The van der Waals surface area contributed by atoms with Crippen LogP contribution in [0.25, 0.3) is 6.08 Å². The smallest absolute Gasteiger partial charge is 0.328 e. The lowest BCUT2D eigenvalue weighted by atomic mass is 10.1. The molecule has 110 valence electrons. The third-order valence-corrected chi connectivity index (χ3v) is 3.82. The minimum absolute atomic E-state index is 0.00973. The van der Waals surface area contributed by atoms with Crippen molar-refractivity contribution < 1.29 is 14.6 Å². The first-order valence-electron chi connectivity index (χ1n) is 6.04. The van der Waals surface area contributed by atoms with E-state index < -0.39 is 42.1 Å². The highest BCUT2D eigenvalue weighted by Crippen LogP contribution is 2.36. The highest BCUT2D eigenvalue weighted by Gasteiger charge is 2.44. The van der Waals surface area contributed by atoms with Gasteiger partial charge in [-0.25, -0.2) is 9.18 Å². The predicted molar refractivity (Wildman–Crippen MR) is 74.4 cm³/mol. The van der Waals surface area contributed by atoms with Gasteiger partial charge < -0.3 is 10.2 Å². The van der Waals surface area contributed by atoms with E-state index in [2.05, 4.69) is 20.9 Å². The number of alkyl halides is 1. The first-order valence-corrected chi connectivity index (χ1v) is 6.96. The number of rotatable bonds is 3. The SMILES string of the molecule is O=c1[nH]c(=O)n([C@H]2C[C@H](O)[C@@H](CO)[C@@H]2F)cc1C=CBr. The minimum atomic E-state index is -1.56. The van der Waals surface area contributed by atoms with E-state index in [0.29, 0.717) is 0 Å². The Hall–Kier alpha value is -1.25. The average Bonchev–Trinajstić information content (AvgIpc) is 2.68. The summed E-state index contributed by atoms with van der Waals surface area (Å²) in [5.41, 5.74) is -1.12. The molecule has 3 N–H and O–H groups in total. The molecule has 20 heavy (non-hydrogen) atoms. The van der Waals surface area contributed by atoms with E-state index in [1.807, 2.05) is 0 Å². The Bertz CT molecular complexity index is 627. The summed E-state index contributed by atoms with van der Waals surface area (Å²) < 4.78 is 15.3. The molecule has 1 aromatic heterocycles. The van der Waals surface area contributed by atoms with Gasteiger partial charge in [0.1, 0.15) is 6.17 Å². The highest BCUT2D eigenvalue weighted by atomic mass is 79.9. The number of halogens is 2. The third kappa shape index (κ3) is 2.63. The van der Waals surface area contributed by atoms with Crippen molar-refractivity contribution in [3.05, 3.63) is 37.6 Å². The van der Waals surface area contributed by atoms with Crippen molar-refractivity contribution in [1.82, 2.24) is 9.55 Å². The average molecular weight is 349 g/mol. The van der Waals surface area contributed by atoms with Crippen molar-refractivity contribution in [2.75, 3.05) is 6.61 Å². The summed E-state index contributed by atoms with van der Waals surface area (Å²) in [6.07, 6.45) is 0.114. The van der Waals surface area contributed by atoms with E-state index in [1.54, 1.807) is 0 Å². The van der Waals surface area contributed by atoms with Crippen LogP contribution in [-0.4, -0.2) is 38.6 Å². The topological polar surface area (TPSA) is 95.3 Å². The van der Waals surface area contributed by atoms with Gasteiger partial charge in [0.15, 0.2) is 0 Å². The number of aliphatic hydroxyl groups excluding tert-OH is 2. The number of hydrogen-bond acceptors (Lipinski definition) is 4. The van der Waals surface area contributed by atoms with Crippen LogP contribution in [0.3, 0.4) is 0 Å². The zero-order chi connectivity index (χ0) is 14.9. The second-order valence-electron chi connectivity index (χ2n) is 4.70. The molecule has 0 radical (unpaired) electrons. The molecular formula is C12H14BrFN2O4. The van der Waals surface area contributed by atoms with Gasteiger partial charge in [-0.2, -0.15) is 0 Å². The van der Waals surface area contributed by atoms with Crippen LogP contribution in [0.5, 0.6) is 0 Å². The molecule has 0 saturated heterocycles. The van der Waals surface area contributed by atoms with Gasteiger partial charge in [-0.1, -0.05) is 15.9 Å². The van der Waals surface area contributed by atoms with Crippen LogP contribution in [-0.2, 0) is 0 Å². The molecule has 8 heteroatoms. The number of hydrogen-bond donors (Lipinski definition) is 3. The van der Waals surface area contributed by atoms with Gasteiger partial charge in [0, 0.05) is 12.1 Å². The van der Waals surface area contributed by atoms with Gasteiger partial charge in [0.2, 0.25) is 0 Å². The fraction of sp³-hybridized carbons (Fsp3) is 0.500. The molecule has 0 aromatic carbocycles. The van der Waals surface area contributed by atoms with E-state index in [0.717, 1.165) is 4.57 Å². The van der Waals surface area contributed by atoms with Crippen molar-refractivity contribution in [3.63, 3.8) is 0 Å². The molecule has 6 nitrogen and oxygen atoms in total. The Kier molecular flexibility index (Phi) is 4.56. The molecule has 2 rings (SSSR count). The molecule has 1 saturated carbocycles. The zero-order valence-corrected chi connectivity index (χ0v) is 12.0. The van der Waals surface area contributed by atoms with Crippen LogP contribution in [0.4, 0.5) is 4.39 Å². The first-order chi connectivity index (χ1) is 9.49. The fourth-order valence-electron chi connectivity index (χ4n) is 2.47. The molecule has 1 aromatic rings. The lowest BCUT2D eigenvalue weighted by Gasteiger charge is -2.18. The van der Waals surface area contributed by atoms with E-state index in [1.165, 1.54) is 17.3 Å². The van der Waals surface area contributed by atoms with Crippen LogP contribution in [0.15, 0.2) is 20.8 Å². The fourth-order valence-corrected chi connectivity index (χ4v) is 2.76. The molecule has 1 heterocycles. The maximum absolute atomic E-state index is 14.2. The Morgan fingerprint density at radius 3 is 2.80 bits per heavy atom. The Morgan fingerprint density at radius 1 is 1.55 bits per heavy atom. The number of aromatic amines is 1. The molecule has 1 aliphatic carbocycles. The van der Waals surface area contributed by atoms with Crippen molar-refractivity contribution in [2.24, 2.45) is 5.92 Å². The molecular weight excluding hydrogens is 335 g/mol. The standard InChI is InChI=1S/C12H14BrFN2O4/c13-2-1-6-4-16(12(20)15-11(6)19)8-3-9(18)7(5-17)10(8)14/h1-2,4,7-10,17-18H,3,5H2,(H,15,19,20)/t7-,8+,9+,10+/m1/s1. The second-order valence-corrected chi connectivity index (χ2v) is 5.23. The summed E-state index contributed by atoms with van der Waals surface area (Å²) in [6, 6.07) is -0.908. The third-order valence-electron chi connectivity index (χ3n) is 3.56. The number of aliphatic hydroxyl groups is 2. The van der Waals surface area contributed by atoms with E-state index in [-0.39, 0.29) is 12.0 Å². The van der Waals surface area contributed by atoms with Crippen molar-refractivity contribution in [2.45, 2.75) is 24.7 Å². The largest absolute Gasteiger partial charge is 0.396 e. The number of aromatic nitrogens is 2. The monoisotopic (exact) mass is 348 g/mol. The van der Waals surface area contributed by atoms with Crippen molar-refractivity contribution >= 4 is 22.0 Å². The van der Waals surface area contributed by atoms with Crippen LogP contribution in [0.1, 0.15) is 18.0 Å². The summed E-state index contributed by atoms with van der Waals surface area (Å²) in [4.78, 5) is 26.9. The van der Waals surface area contributed by atoms with Gasteiger partial charge in [-0.15, -0.1) is 0 Å². The van der Waals surface area contributed by atoms with Crippen LogP contribution in [0.2, 0.25) is 0 Å². The quantitative estimate of drug-likeness (QED) is 0.724. The number of H-pyrrole nitrogens is 1. The molecule has 4 atom stereocenters. The lowest BCUT2D eigenvalue weighted by Crippen LogP contribution is -2.36. The van der Waals surface area contributed by atoms with E-state index in [9.17, 15) is 19.1 Å². The summed E-state index contributed by atoms with van der Waals surface area (Å²) in [7, 11) is 0. The van der Waals surface area contributed by atoms with Crippen LogP contribution < -0.4 is 11.2 Å². The summed E-state index contributed by atoms with van der Waals surface area (Å²) >= 11 is 3.02. The second kappa shape index (κ2) is 6.02. The van der Waals surface area contributed by atoms with E-state index >= 15 is 0 Å². The maximum atomic E-state index is 14.2. The van der Waals surface area contributed by atoms with Crippen LogP contribution >= 0.6 is 15.9 Å². The van der Waals surface area contributed by atoms with E-state index in [4.69, 9.17) is 5.11 Å². The molecule has 1 fully saturated rings. The maximum Gasteiger partial charge on any atom is 0.328 e. The van der Waals surface area contributed by atoms with Gasteiger partial charge in [0.25, 0.3) is 5.56 Å². The molecule has 0 aliphatic heterocycles. The van der Waals surface area contributed by atoms with Gasteiger partial charge in [-0.3, -0.25) is 14.3 Å². The zero-order valence-electron chi connectivity index (χ0n) is 10.4. The summed E-state index contributed by atoms with van der Waals surface area (Å²) in [5, 5.41) is 18.8. The van der Waals surface area contributed by atoms with Crippen LogP contribution in [0, 0.1) is 5.92 Å². The van der Waals surface area contributed by atoms with Gasteiger partial charge >= 0.3 is 5.69 Å².